The molecule has 2 unspecified atom stereocenters. The van der Waals surface area contributed by atoms with Crippen LogP contribution >= 0.6 is 0 Å². The molecule has 6 heteroatoms. The maximum atomic E-state index is 12.3. The van der Waals surface area contributed by atoms with Crippen LogP contribution in [0.25, 0.3) is 0 Å². The fourth-order valence-corrected chi connectivity index (χ4v) is 3.98. The van der Waals surface area contributed by atoms with Gasteiger partial charge in [0.15, 0.2) is 0 Å². The summed E-state index contributed by atoms with van der Waals surface area (Å²) >= 11 is 0. The summed E-state index contributed by atoms with van der Waals surface area (Å²) in [5.41, 5.74) is 0.961. The molecule has 5 nitrogen and oxygen atoms in total. The molecule has 1 aliphatic rings. The Bertz CT molecular complexity index is 663. The molecule has 2 atom stereocenters. The third kappa shape index (κ3) is 4.11. The van der Waals surface area contributed by atoms with Crippen molar-refractivity contribution < 1.29 is 18.8 Å². The topological polar surface area (TPSA) is 55.8 Å². The molecule has 0 aromatic heterocycles. The normalized spacial score (nSPS) is 21.0. The maximum Gasteiger partial charge on any atom is 0.329 e. The largest absolute Gasteiger partial charge is 0.544 e. The van der Waals surface area contributed by atoms with Crippen LogP contribution in [0.5, 0.6) is 5.75 Å². The van der Waals surface area contributed by atoms with Gasteiger partial charge in [0.25, 0.3) is 0 Å². The maximum absolute atomic E-state index is 12.3. The predicted molar refractivity (Wildman–Crippen MR) is 105 cm³/mol. The van der Waals surface area contributed by atoms with Gasteiger partial charge < -0.3 is 14.1 Å². The molecule has 1 aromatic rings. The van der Waals surface area contributed by atoms with Crippen molar-refractivity contribution in [3.8, 4) is 5.75 Å². The number of amides is 1. The van der Waals surface area contributed by atoms with Crippen molar-refractivity contribution in [3.63, 3.8) is 0 Å². The minimum atomic E-state index is -1.90. The molecule has 2 rings (SSSR count). The van der Waals surface area contributed by atoms with Gasteiger partial charge in [-0.15, -0.1) is 0 Å². The van der Waals surface area contributed by atoms with Crippen molar-refractivity contribution in [2.24, 2.45) is 0 Å². The highest BCUT2D eigenvalue weighted by Gasteiger charge is 2.44. The number of ether oxygens (including phenoxy) is 1. The molecule has 1 amide bonds. The predicted octanol–water partition coefficient (Wildman–Crippen LogP) is 3.95. The van der Waals surface area contributed by atoms with Crippen LogP contribution in [-0.2, 0) is 14.3 Å². The number of hydrogen-bond acceptors (Lipinski definition) is 4. The van der Waals surface area contributed by atoms with E-state index < -0.39 is 14.4 Å². The number of carbonyl (C=O) groups is 2. The number of hydrogen-bond donors (Lipinski definition) is 0. The van der Waals surface area contributed by atoms with E-state index >= 15 is 0 Å². The second-order valence-corrected chi connectivity index (χ2v) is 13.2. The lowest BCUT2D eigenvalue weighted by molar-refractivity contribution is -0.150. The van der Waals surface area contributed by atoms with Gasteiger partial charge in [-0.25, -0.2) is 4.79 Å². The summed E-state index contributed by atoms with van der Waals surface area (Å²) in [5, 5.41) is 0.126. The Morgan fingerprint density at radius 3 is 2.31 bits per heavy atom. The van der Waals surface area contributed by atoms with E-state index in [1.807, 2.05) is 24.3 Å². The molecule has 0 N–H and O–H groups in total. The molecule has 26 heavy (non-hydrogen) atoms. The zero-order chi connectivity index (χ0) is 19.7. The number of carbonyl (C=O) groups excluding carboxylic acids is 2. The number of nitrogens with zero attached hydrogens (tertiary/aromatic N) is 1. The fourth-order valence-electron chi connectivity index (χ4n) is 2.95. The molecular weight excluding hydrogens is 346 g/mol. The first-order valence-electron chi connectivity index (χ1n) is 9.19. The van der Waals surface area contributed by atoms with Crippen LogP contribution in [0.1, 0.15) is 45.6 Å². The van der Waals surface area contributed by atoms with Gasteiger partial charge in [0.1, 0.15) is 11.8 Å². The van der Waals surface area contributed by atoms with E-state index in [0.717, 1.165) is 11.3 Å². The molecule has 0 spiro atoms. The zero-order valence-corrected chi connectivity index (χ0v) is 18.0. The number of benzene rings is 1. The van der Waals surface area contributed by atoms with Crippen LogP contribution in [0.3, 0.4) is 0 Å². The summed E-state index contributed by atoms with van der Waals surface area (Å²) < 4.78 is 11.5. The summed E-state index contributed by atoms with van der Waals surface area (Å²) in [6, 6.07) is 7.26. The van der Waals surface area contributed by atoms with Crippen LogP contribution in [0.2, 0.25) is 18.1 Å². The molecular formula is C20H31NO4Si. The smallest absolute Gasteiger partial charge is 0.329 e. The number of rotatable bonds is 5. The highest BCUT2D eigenvalue weighted by molar-refractivity contribution is 6.74. The lowest BCUT2D eigenvalue weighted by atomic mass is 9.91. The van der Waals surface area contributed by atoms with Gasteiger partial charge in [0, 0.05) is 19.4 Å². The van der Waals surface area contributed by atoms with E-state index in [9.17, 15) is 9.59 Å². The molecule has 0 radical (unpaired) electrons. The second-order valence-electron chi connectivity index (χ2n) is 8.44. The molecule has 0 saturated carbocycles. The van der Waals surface area contributed by atoms with Gasteiger partial charge in [-0.3, -0.25) is 4.79 Å². The Kier molecular flexibility index (Phi) is 5.85. The van der Waals surface area contributed by atoms with E-state index in [4.69, 9.17) is 9.16 Å². The van der Waals surface area contributed by atoms with Crippen LogP contribution < -0.4 is 4.43 Å². The summed E-state index contributed by atoms with van der Waals surface area (Å²) in [5.74, 6) is 0.279. The van der Waals surface area contributed by atoms with Gasteiger partial charge in [-0.1, -0.05) is 32.9 Å². The first-order chi connectivity index (χ1) is 12.0. The molecule has 1 heterocycles. The summed E-state index contributed by atoms with van der Waals surface area (Å²) in [7, 11) is -0.230. The third-order valence-electron chi connectivity index (χ3n) is 5.60. The van der Waals surface area contributed by atoms with Gasteiger partial charge in [-0.05, 0) is 42.8 Å². The van der Waals surface area contributed by atoms with Crippen molar-refractivity contribution >= 4 is 20.2 Å². The highest BCUT2D eigenvalue weighted by Crippen LogP contribution is 2.38. The van der Waals surface area contributed by atoms with Crippen molar-refractivity contribution in [2.45, 2.75) is 64.2 Å². The standard InChI is InChI=1S/C20H31NO4Si/c1-8-24-19(23)18-16(13-17(22)21(18)5)14-9-11-15(12-10-14)25-26(6,7)20(2,3)4/h9-12,16,18H,8,13H2,1-7H3. The Balaban J connectivity index is 2.21. The lowest BCUT2D eigenvalue weighted by Crippen LogP contribution is -2.43. The first kappa shape index (κ1) is 20.5. The molecule has 0 bridgehead atoms. The molecule has 0 aliphatic carbocycles. The van der Waals surface area contributed by atoms with Crippen molar-refractivity contribution in [2.75, 3.05) is 13.7 Å². The molecule has 1 fully saturated rings. The molecule has 1 aliphatic heterocycles. The average molecular weight is 378 g/mol. The van der Waals surface area contributed by atoms with Gasteiger partial charge >= 0.3 is 5.97 Å². The first-order valence-corrected chi connectivity index (χ1v) is 12.1. The lowest BCUT2D eigenvalue weighted by Gasteiger charge is -2.36. The Labute approximate surface area is 157 Å². The fraction of sp³-hybridized carbons (Fsp3) is 0.600. The van der Waals surface area contributed by atoms with Gasteiger partial charge in [0.2, 0.25) is 14.2 Å². The zero-order valence-electron chi connectivity index (χ0n) is 17.0. The monoisotopic (exact) mass is 377 g/mol. The molecule has 1 aromatic carbocycles. The van der Waals surface area contributed by atoms with Gasteiger partial charge in [0.05, 0.1) is 6.61 Å². The van der Waals surface area contributed by atoms with E-state index in [1.54, 1.807) is 14.0 Å². The number of likely N-dealkylation sites (tertiary alicyclic amines) is 1. The van der Waals surface area contributed by atoms with Crippen molar-refractivity contribution in [1.82, 2.24) is 4.90 Å². The molecule has 144 valence electrons. The quantitative estimate of drug-likeness (QED) is 0.576. The van der Waals surface area contributed by atoms with E-state index in [0.29, 0.717) is 13.0 Å². The summed E-state index contributed by atoms with van der Waals surface area (Å²) in [6.45, 7) is 13.1. The Morgan fingerprint density at radius 1 is 1.23 bits per heavy atom. The summed E-state index contributed by atoms with van der Waals surface area (Å²) in [4.78, 5) is 26.0. The van der Waals surface area contributed by atoms with Crippen molar-refractivity contribution in [1.29, 1.82) is 0 Å². The third-order valence-corrected chi connectivity index (χ3v) is 9.96. The van der Waals surface area contributed by atoms with E-state index in [2.05, 4.69) is 33.9 Å². The van der Waals surface area contributed by atoms with Crippen LogP contribution in [-0.4, -0.2) is 44.8 Å². The minimum Gasteiger partial charge on any atom is -0.544 e. The summed E-state index contributed by atoms with van der Waals surface area (Å²) in [6.07, 6.45) is 0.322. The van der Waals surface area contributed by atoms with Gasteiger partial charge in [-0.2, -0.15) is 0 Å². The van der Waals surface area contributed by atoms with E-state index in [-0.39, 0.29) is 22.8 Å². The molecule has 1 saturated heterocycles. The highest BCUT2D eigenvalue weighted by atomic mass is 28.4. The number of esters is 1. The Hall–Kier alpha value is -1.82. The van der Waals surface area contributed by atoms with Crippen LogP contribution in [0, 0.1) is 0 Å². The SMILES string of the molecule is CCOC(=O)C1C(c2ccc(O[Si](C)(C)C(C)(C)C)cc2)CC(=O)N1C. The number of likely N-dealkylation sites (N-methyl/N-ethyl adjacent to an activating group) is 1. The van der Waals surface area contributed by atoms with Crippen LogP contribution in [0.15, 0.2) is 24.3 Å². The second kappa shape index (κ2) is 7.43. The van der Waals surface area contributed by atoms with Crippen molar-refractivity contribution in [3.05, 3.63) is 29.8 Å². The average Bonchev–Trinajstić information content (AvgIpc) is 2.82. The van der Waals surface area contributed by atoms with E-state index in [1.165, 1.54) is 4.90 Å². The minimum absolute atomic E-state index is 0.0327. The Morgan fingerprint density at radius 2 is 1.81 bits per heavy atom. The van der Waals surface area contributed by atoms with Crippen LogP contribution in [0.4, 0.5) is 0 Å².